The van der Waals surface area contributed by atoms with Gasteiger partial charge in [-0.25, -0.2) is 0 Å². The molecule has 0 aromatic rings. The zero-order valence-electron chi connectivity index (χ0n) is 11.8. The molecule has 0 bridgehead atoms. The van der Waals surface area contributed by atoms with E-state index in [0.29, 0.717) is 6.92 Å². The number of unbranched alkanes of at least 4 members (excludes halogenated alkanes) is 5. The van der Waals surface area contributed by atoms with Gasteiger partial charge in [-0.2, -0.15) is 0 Å². The Morgan fingerprint density at radius 2 is 1.11 bits per heavy atom. The molecule has 6 N–H and O–H groups in total. The third kappa shape index (κ3) is 8.92. The summed E-state index contributed by atoms with van der Waals surface area (Å²) in [4.78, 5) is 33.5. The van der Waals surface area contributed by atoms with Crippen LogP contribution < -0.4 is 5.73 Å². The molecule has 0 spiro atoms. The monoisotopic (exact) mass is 319 g/mol. The van der Waals surface area contributed by atoms with E-state index in [0.717, 1.165) is 0 Å². The molecule has 0 aliphatic carbocycles. The largest absolute Gasteiger partial charge is 0.357 e. The Hall–Kier alpha value is 0.260. The molecule has 7 nitrogen and oxygen atoms in total. The third-order valence-corrected chi connectivity index (χ3v) is 6.56. The first-order valence-electron chi connectivity index (χ1n) is 6.32. The Balaban J connectivity index is 0. The van der Waals surface area contributed by atoms with Crippen molar-refractivity contribution in [2.24, 2.45) is 5.73 Å². The molecule has 9 heteroatoms. The van der Waals surface area contributed by atoms with E-state index >= 15 is 0 Å². The van der Waals surface area contributed by atoms with Crippen LogP contribution in [0.5, 0.6) is 0 Å². The van der Waals surface area contributed by atoms with Gasteiger partial charge in [0, 0.05) is 0 Å². The molecule has 0 aromatic carbocycles. The minimum atomic E-state index is -4.98. The second kappa shape index (κ2) is 9.24. The average molecular weight is 319 g/mol. The first-order valence-corrected chi connectivity index (χ1v) is 9.54. The van der Waals surface area contributed by atoms with Crippen LogP contribution in [0.1, 0.15) is 59.3 Å². The molecular formula is C10H27NO6P2. The lowest BCUT2D eigenvalue weighted by molar-refractivity contribution is 0.315. The van der Waals surface area contributed by atoms with Crippen LogP contribution in [-0.4, -0.2) is 24.6 Å². The number of hydrogen-bond donors (Lipinski definition) is 5. The summed E-state index contributed by atoms with van der Waals surface area (Å²) >= 11 is 0. The molecule has 0 saturated heterocycles. The van der Waals surface area contributed by atoms with Crippen molar-refractivity contribution in [3.63, 3.8) is 0 Å². The zero-order chi connectivity index (χ0) is 15.7. The summed E-state index contributed by atoms with van der Waals surface area (Å²) in [6, 6.07) is 0. The number of hydrogen-bond acceptors (Lipinski definition) is 3. The average Bonchev–Trinajstić information content (AvgIpc) is 2.22. The van der Waals surface area contributed by atoms with Gasteiger partial charge in [0.15, 0.2) is 0 Å². The Bertz CT molecular complexity index is 292. The minimum Gasteiger partial charge on any atom is -0.323 e. The molecule has 0 amide bonds. The summed E-state index contributed by atoms with van der Waals surface area (Å²) < 4.78 is 20.8. The van der Waals surface area contributed by atoms with E-state index in [1.54, 1.807) is 0 Å². The van der Waals surface area contributed by atoms with E-state index in [-0.39, 0.29) is 0 Å². The van der Waals surface area contributed by atoms with Gasteiger partial charge in [-0.15, -0.1) is 0 Å². The lowest BCUT2D eigenvalue weighted by Crippen LogP contribution is -2.35. The van der Waals surface area contributed by atoms with Crippen molar-refractivity contribution in [1.82, 2.24) is 0 Å². The van der Waals surface area contributed by atoms with Crippen LogP contribution in [0.25, 0.3) is 0 Å². The molecule has 0 rings (SSSR count). The molecular weight excluding hydrogens is 292 g/mol. The molecule has 0 unspecified atom stereocenters. The van der Waals surface area contributed by atoms with E-state index in [2.05, 4.69) is 13.8 Å². The lowest BCUT2D eigenvalue weighted by Gasteiger charge is -2.25. The van der Waals surface area contributed by atoms with E-state index in [9.17, 15) is 9.13 Å². The van der Waals surface area contributed by atoms with E-state index in [1.165, 1.54) is 38.5 Å². The highest BCUT2D eigenvalue weighted by Gasteiger charge is 2.53. The Morgan fingerprint density at radius 3 is 1.21 bits per heavy atom. The van der Waals surface area contributed by atoms with Crippen molar-refractivity contribution < 1.29 is 28.7 Å². The standard InChI is InChI=1S/C8H18.C2H9NO6P2/c1-3-5-7-8-6-4-2;1-2(3,10(4,5)6)11(7,8)9/h3-8H2,1-2H3;3H2,1H3,(H2,4,5,6)(H2,7,8,9). The molecule has 0 fully saturated rings. The predicted octanol–water partition coefficient (Wildman–Crippen LogP) is 2.34. The Morgan fingerprint density at radius 1 is 0.842 bits per heavy atom. The van der Waals surface area contributed by atoms with E-state index < -0.39 is 20.2 Å². The SMILES string of the molecule is CC(N)(P(=O)(O)O)P(=O)(O)O.CCCCCCCC. The molecule has 0 saturated carbocycles. The van der Waals surface area contributed by atoms with Crippen LogP contribution in [0, 0.1) is 0 Å². The van der Waals surface area contributed by atoms with Crippen LogP contribution in [0.15, 0.2) is 0 Å². The first kappa shape index (κ1) is 21.6. The van der Waals surface area contributed by atoms with Gasteiger partial charge in [0.05, 0.1) is 0 Å². The van der Waals surface area contributed by atoms with Gasteiger partial charge >= 0.3 is 15.2 Å². The minimum absolute atomic E-state index is 0.606. The molecule has 0 aromatic heterocycles. The highest BCUT2D eigenvalue weighted by atomic mass is 31.2. The molecule has 0 aliphatic heterocycles. The maximum atomic E-state index is 10.4. The van der Waals surface area contributed by atoms with Crippen molar-refractivity contribution in [1.29, 1.82) is 0 Å². The number of rotatable bonds is 7. The normalized spacial score (nSPS) is 12.8. The van der Waals surface area contributed by atoms with Gasteiger partial charge in [-0.1, -0.05) is 52.4 Å². The second-order valence-electron chi connectivity index (χ2n) is 4.60. The van der Waals surface area contributed by atoms with Crippen molar-refractivity contribution in [2.45, 2.75) is 64.3 Å². The van der Waals surface area contributed by atoms with Crippen LogP contribution >= 0.6 is 15.2 Å². The summed E-state index contributed by atoms with van der Waals surface area (Å²) in [5.41, 5.74) is 4.74. The van der Waals surface area contributed by atoms with Gasteiger partial charge in [-0.05, 0) is 6.92 Å². The van der Waals surface area contributed by atoms with Crippen LogP contribution in [-0.2, 0) is 9.13 Å². The predicted molar refractivity (Wildman–Crippen MR) is 75.7 cm³/mol. The third-order valence-electron chi connectivity index (χ3n) is 2.64. The van der Waals surface area contributed by atoms with Crippen molar-refractivity contribution in [3.05, 3.63) is 0 Å². The Kier molecular flexibility index (Phi) is 10.5. The van der Waals surface area contributed by atoms with E-state index in [4.69, 9.17) is 25.3 Å². The Labute approximate surface area is 114 Å². The second-order valence-corrected chi connectivity index (χ2v) is 8.98. The fourth-order valence-corrected chi connectivity index (χ4v) is 2.38. The van der Waals surface area contributed by atoms with Gasteiger partial charge in [0.25, 0.3) is 0 Å². The maximum absolute atomic E-state index is 10.4. The smallest absolute Gasteiger partial charge is 0.323 e. The highest BCUT2D eigenvalue weighted by molar-refractivity contribution is 7.72. The van der Waals surface area contributed by atoms with Gasteiger partial charge in [0.2, 0.25) is 5.02 Å². The first-order chi connectivity index (χ1) is 8.41. The van der Waals surface area contributed by atoms with Crippen molar-refractivity contribution in [2.75, 3.05) is 0 Å². The van der Waals surface area contributed by atoms with Crippen LogP contribution in [0.2, 0.25) is 0 Å². The fourth-order valence-electron chi connectivity index (χ4n) is 1.02. The lowest BCUT2D eigenvalue weighted by atomic mass is 10.1. The van der Waals surface area contributed by atoms with E-state index in [1.807, 2.05) is 0 Å². The molecule has 0 heterocycles. The van der Waals surface area contributed by atoms with Crippen LogP contribution in [0.4, 0.5) is 0 Å². The summed E-state index contributed by atoms with van der Waals surface area (Å²) in [6.45, 7) is 5.12. The van der Waals surface area contributed by atoms with Gasteiger partial charge in [-0.3, -0.25) is 9.13 Å². The fraction of sp³-hybridized carbons (Fsp3) is 1.00. The molecule has 0 radical (unpaired) electrons. The zero-order valence-corrected chi connectivity index (χ0v) is 13.6. The number of nitrogens with two attached hydrogens (primary N) is 1. The van der Waals surface area contributed by atoms with Gasteiger partial charge < -0.3 is 25.3 Å². The summed E-state index contributed by atoms with van der Waals surface area (Å²) in [5, 5.41) is -2.79. The molecule has 19 heavy (non-hydrogen) atoms. The topological polar surface area (TPSA) is 141 Å². The summed E-state index contributed by atoms with van der Waals surface area (Å²) in [5.74, 6) is 0. The van der Waals surface area contributed by atoms with Crippen LogP contribution in [0.3, 0.4) is 0 Å². The quantitative estimate of drug-likeness (QED) is 0.358. The summed E-state index contributed by atoms with van der Waals surface area (Å²) in [7, 11) is -9.95. The highest BCUT2D eigenvalue weighted by Crippen LogP contribution is 2.65. The molecule has 0 atom stereocenters. The van der Waals surface area contributed by atoms with Crippen molar-refractivity contribution in [3.8, 4) is 0 Å². The maximum Gasteiger partial charge on any atom is 0.357 e. The molecule has 0 aliphatic rings. The van der Waals surface area contributed by atoms with Crippen molar-refractivity contribution >= 4 is 15.2 Å². The summed E-state index contributed by atoms with van der Waals surface area (Å²) in [6.07, 6.45) is 8.49. The van der Waals surface area contributed by atoms with Gasteiger partial charge in [0.1, 0.15) is 0 Å². The molecule has 118 valence electrons.